The number of hydrogen-bond acceptors (Lipinski definition) is 5. The SMILES string of the molecule is CCNc1ncnc(N(C)CC(C)C)c1OC. The summed E-state index contributed by atoms with van der Waals surface area (Å²) in [5.74, 6) is 2.85. The molecule has 0 saturated heterocycles. The monoisotopic (exact) mass is 238 g/mol. The Kier molecular flexibility index (Phi) is 5.00. The van der Waals surface area contributed by atoms with Gasteiger partial charge in [-0.2, -0.15) is 0 Å². The summed E-state index contributed by atoms with van der Waals surface area (Å²) in [5, 5.41) is 3.17. The first-order valence-corrected chi connectivity index (χ1v) is 5.94. The summed E-state index contributed by atoms with van der Waals surface area (Å²) < 4.78 is 5.40. The van der Waals surface area contributed by atoms with E-state index in [1.165, 1.54) is 0 Å². The Labute approximate surface area is 103 Å². The van der Waals surface area contributed by atoms with Crippen LogP contribution in [0.15, 0.2) is 6.33 Å². The zero-order chi connectivity index (χ0) is 12.8. The van der Waals surface area contributed by atoms with Gasteiger partial charge in [0.25, 0.3) is 0 Å². The molecule has 0 radical (unpaired) electrons. The fraction of sp³-hybridized carbons (Fsp3) is 0.667. The lowest BCUT2D eigenvalue weighted by molar-refractivity contribution is 0.412. The standard InChI is InChI=1S/C12H22N4O/c1-6-13-11-10(17-5)12(15-8-14-11)16(4)7-9(2)3/h8-9H,6-7H2,1-5H3,(H,13,14,15). The minimum Gasteiger partial charge on any atom is -0.490 e. The van der Waals surface area contributed by atoms with Gasteiger partial charge in [0, 0.05) is 20.1 Å². The second kappa shape index (κ2) is 6.27. The number of ether oxygens (including phenoxy) is 1. The lowest BCUT2D eigenvalue weighted by Crippen LogP contribution is -2.24. The van der Waals surface area contributed by atoms with E-state index < -0.39 is 0 Å². The molecule has 5 nitrogen and oxygen atoms in total. The Morgan fingerprint density at radius 1 is 1.41 bits per heavy atom. The molecule has 0 aliphatic heterocycles. The first-order valence-electron chi connectivity index (χ1n) is 5.94. The van der Waals surface area contributed by atoms with Crippen molar-refractivity contribution in [3.05, 3.63) is 6.33 Å². The van der Waals surface area contributed by atoms with Gasteiger partial charge >= 0.3 is 0 Å². The van der Waals surface area contributed by atoms with Crippen molar-refractivity contribution in [2.45, 2.75) is 20.8 Å². The molecule has 5 heteroatoms. The summed E-state index contributed by atoms with van der Waals surface area (Å²) in [4.78, 5) is 10.6. The van der Waals surface area contributed by atoms with Crippen LogP contribution in [0.5, 0.6) is 5.75 Å². The molecule has 1 aromatic heterocycles. The summed E-state index contributed by atoms with van der Waals surface area (Å²) in [6.45, 7) is 8.11. The van der Waals surface area contributed by atoms with Crippen molar-refractivity contribution in [1.29, 1.82) is 0 Å². The van der Waals surface area contributed by atoms with Crippen molar-refractivity contribution >= 4 is 11.6 Å². The first-order chi connectivity index (χ1) is 8.10. The van der Waals surface area contributed by atoms with Gasteiger partial charge in [-0.1, -0.05) is 13.8 Å². The van der Waals surface area contributed by atoms with Crippen LogP contribution in [-0.2, 0) is 0 Å². The van der Waals surface area contributed by atoms with Crippen molar-refractivity contribution in [2.75, 3.05) is 37.5 Å². The van der Waals surface area contributed by atoms with E-state index in [-0.39, 0.29) is 0 Å². The fourth-order valence-electron chi connectivity index (χ4n) is 1.75. The maximum absolute atomic E-state index is 5.40. The zero-order valence-electron chi connectivity index (χ0n) is 11.3. The van der Waals surface area contributed by atoms with Crippen molar-refractivity contribution < 1.29 is 4.74 Å². The molecular formula is C12H22N4O. The van der Waals surface area contributed by atoms with Gasteiger partial charge in [-0.15, -0.1) is 0 Å². The van der Waals surface area contributed by atoms with Crippen molar-refractivity contribution in [1.82, 2.24) is 9.97 Å². The van der Waals surface area contributed by atoms with E-state index in [0.29, 0.717) is 11.7 Å². The maximum atomic E-state index is 5.40. The van der Waals surface area contributed by atoms with Gasteiger partial charge in [0.1, 0.15) is 6.33 Å². The van der Waals surface area contributed by atoms with Crippen LogP contribution in [0, 0.1) is 5.92 Å². The van der Waals surface area contributed by atoms with Gasteiger partial charge in [-0.3, -0.25) is 0 Å². The van der Waals surface area contributed by atoms with Crippen LogP contribution in [0.25, 0.3) is 0 Å². The quantitative estimate of drug-likeness (QED) is 0.821. The molecule has 96 valence electrons. The van der Waals surface area contributed by atoms with Crippen LogP contribution in [0.1, 0.15) is 20.8 Å². The predicted molar refractivity (Wildman–Crippen MR) is 70.9 cm³/mol. The van der Waals surface area contributed by atoms with Gasteiger partial charge in [-0.05, 0) is 12.8 Å². The van der Waals surface area contributed by atoms with Crippen LogP contribution < -0.4 is 15.0 Å². The Morgan fingerprint density at radius 3 is 2.65 bits per heavy atom. The van der Waals surface area contributed by atoms with E-state index in [0.717, 1.165) is 24.7 Å². The van der Waals surface area contributed by atoms with Crippen molar-refractivity contribution in [3.63, 3.8) is 0 Å². The van der Waals surface area contributed by atoms with Crippen LogP contribution in [0.4, 0.5) is 11.6 Å². The highest BCUT2D eigenvalue weighted by Gasteiger charge is 2.15. The third-order valence-corrected chi connectivity index (χ3v) is 2.33. The molecule has 1 rings (SSSR count). The minimum absolute atomic E-state index is 0.572. The number of rotatable bonds is 6. The fourth-order valence-corrected chi connectivity index (χ4v) is 1.75. The van der Waals surface area contributed by atoms with E-state index in [9.17, 15) is 0 Å². The summed E-state index contributed by atoms with van der Waals surface area (Å²) in [7, 11) is 3.66. The van der Waals surface area contributed by atoms with Crippen LogP contribution in [0.3, 0.4) is 0 Å². The Hall–Kier alpha value is -1.52. The molecule has 0 bridgehead atoms. The molecule has 1 heterocycles. The Morgan fingerprint density at radius 2 is 2.12 bits per heavy atom. The van der Waals surface area contributed by atoms with Crippen molar-refractivity contribution in [3.8, 4) is 5.75 Å². The Balaban J connectivity index is 3.01. The normalized spacial score (nSPS) is 10.5. The number of nitrogens with one attached hydrogen (secondary N) is 1. The molecule has 0 aromatic carbocycles. The van der Waals surface area contributed by atoms with E-state index >= 15 is 0 Å². The number of nitrogens with zero attached hydrogens (tertiary/aromatic N) is 3. The van der Waals surface area contributed by atoms with Gasteiger partial charge in [-0.25, -0.2) is 9.97 Å². The van der Waals surface area contributed by atoms with E-state index in [1.807, 2.05) is 14.0 Å². The summed E-state index contributed by atoms with van der Waals surface area (Å²) in [6, 6.07) is 0. The highest BCUT2D eigenvalue weighted by atomic mass is 16.5. The lowest BCUT2D eigenvalue weighted by atomic mass is 10.2. The highest BCUT2D eigenvalue weighted by Crippen LogP contribution is 2.31. The molecule has 0 atom stereocenters. The van der Waals surface area contributed by atoms with Gasteiger partial charge in [0.15, 0.2) is 11.6 Å². The number of anilines is 2. The maximum Gasteiger partial charge on any atom is 0.204 e. The van der Waals surface area contributed by atoms with Gasteiger partial charge < -0.3 is 15.0 Å². The van der Waals surface area contributed by atoms with Crippen LogP contribution in [0.2, 0.25) is 0 Å². The van der Waals surface area contributed by atoms with E-state index in [4.69, 9.17) is 4.74 Å². The number of hydrogen-bond donors (Lipinski definition) is 1. The molecule has 0 saturated carbocycles. The summed E-state index contributed by atoms with van der Waals surface area (Å²) in [6.07, 6.45) is 1.56. The molecule has 0 unspecified atom stereocenters. The first kappa shape index (κ1) is 13.5. The van der Waals surface area contributed by atoms with Crippen LogP contribution in [-0.4, -0.2) is 37.2 Å². The number of aromatic nitrogens is 2. The minimum atomic E-state index is 0.572. The summed E-state index contributed by atoms with van der Waals surface area (Å²) >= 11 is 0. The lowest BCUT2D eigenvalue weighted by Gasteiger charge is -2.23. The second-order valence-corrected chi connectivity index (χ2v) is 4.38. The van der Waals surface area contributed by atoms with E-state index in [1.54, 1.807) is 13.4 Å². The largest absolute Gasteiger partial charge is 0.490 e. The van der Waals surface area contributed by atoms with Gasteiger partial charge in [0.2, 0.25) is 5.75 Å². The second-order valence-electron chi connectivity index (χ2n) is 4.38. The molecule has 1 N–H and O–H groups in total. The molecule has 0 spiro atoms. The molecule has 1 aromatic rings. The summed E-state index contributed by atoms with van der Waals surface area (Å²) in [5.41, 5.74) is 0. The molecule has 0 aliphatic carbocycles. The third kappa shape index (κ3) is 3.47. The Bertz CT molecular complexity index is 354. The average Bonchev–Trinajstić information content (AvgIpc) is 2.28. The van der Waals surface area contributed by atoms with Crippen LogP contribution >= 0.6 is 0 Å². The number of methoxy groups -OCH3 is 1. The smallest absolute Gasteiger partial charge is 0.204 e. The van der Waals surface area contributed by atoms with Crippen molar-refractivity contribution in [2.24, 2.45) is 5.92 Å². The molecule has 0 amide bonds. The highest BCUT2D eigenvalue weighted by molar-refractivity contribution is 5.64. The van der Waals surface area contributed by atoms with Gasteiger partial charge in [0.05, 0.1) is 7.11 Å². The average molecular weight is 238 g/mol. The molecule has 17 heavy (non-hydrogen) atoms. The predicted octanol–water partition coefficient (Wildman–Crippen LogP) is 2.01. The topological polar surface area (TPSA) is 50.3 Å². The molecular weight excluding hydrogens is 216 g/mol. The van der Waals surface area contributed by atoms with E-state index in [2.05, 4.69) is 34.0 Å². The zero-order valence-corrected chi connectivity index (χ0v) is 11.3. The molecule has 0 fully saturated rings. The third-order valence-electron chi connectivity index (χ3n) is 2.33. The molecule has 0 aliphatic rings.